The zero-order valence-corrected chi connectivity index (χ0v) is 12.7. The monoisotopic (exact) mass is 306 g/mol. The first-order chi connectivity index (χ1) is 8.74. The Hall–Kier alpha value is -1.12. The fraction of sp³-hybridized carbons (Fsp3) is 0.818. The highest BCUT2D eigenvalue weighted by atomic mass is 32.3. The maximum absolute atomic E-state index is 12.2. The van der Waals surface area contributed by atoms with Crippen molar-refractivity contribution in [2.75, 3.05) is 11.5 Å². The zero-order chi connectivity index (χ0) is 15.2. The lowest BCUT2D eigenvalue weighted by Gasteiger charge is -2.31. The van der Waals surface area contributed by atoms with Crippen LogP contribution in [-0.2, 0) is 19.7 Å². The van der Waals surface area contributed by atoms with Crippen molar-refractivity contribution >= 4 is 19.7 Å². The highest BCUT2D eigenvalue weighted by Crippen LogP contribution is 2.36. The van der Waals surface area contributed by atoms with Gasteiger partial charge in [-0.2, -0.15) is 10.5 Å². The fourth-order valence-electron chi connectivity index (χ4n) is 1.96. The summed E-state index contributed by atoms with van der Waals surface area (Å²) in [7, 11) is -7.85. The maximum Gasteiger partial charge on any atom is 0.175 e. The summed E-state index contributed by atoms with van der Waals surface area (Å²) in [4.78, 5) is 0. The van der Waals surface area contributed by atoms with Crippen LogP contribution in [0.2, 0.25) is 0 Å². The van der Waals surface area contributed by atoms with Crippen LogP contribution in [0.5, 0.6) is 0 Å². The molecule has 0 aromatic carbocycles. The second-order valence-corrected chi connectivity index (χ2v) is 9.47. The summed E-state index contributed by atoms with van der Waals surface area (Å²) < 4.78 is 47.0. The molecule has 0 aliphatic heterocycles. The third-order valence-corrected chi connectivity index (χ3v) is 9.26. The van der Waals surface area contributed by atoms with Gasteiger partial charge in [0.05, 0.1) is 12.1 Å². The predicted octanol–water partition coefficient (Wildman–Crippen LogP) is 1.16. The Morgan fingerprint density at radius 2 is 1.16 bits per heavy atom. The molecule has 0 fully saturated rings. The third-order valence-electron chi connectivity index (χ3n) is 3.13. The van der Waals surface area contributed by atoms with Gasteiger partial charge in [-0.3, -0.25) is 0 Å². The molecule has 0 heterocycles. The average Bonchev–Trinajstić information content (AvgIpc) is 2.38. The summed E-state index contributed by atoms with van der Waals surface area (Å²) in [6, 6.07) is 3.56. The van der Waals surface area contributed by atoms with Gasteiger partial charge in [0.2, 0.25) is 0 Å². The Labute approximate surface area is 114 Å². The van der Waals surface area contributed by atoms with Gasteiger partial charge in [0, 0.05) is 24.3 Å². The van der Waals surface area contributed by atoms with Gasteiger partial charge < -0.3 is 0 Å². The quantitative estimate of drug-likeness (QED) is 0.664. The van der Waals surface area contributed by atoms with Crippen molar-refractivity contribution in [2.45, 2.75) is 43.6 Å². The van der Waals surface area contributed by atoms with E-state index in [1.807, 2.05) is 0 Å². The molecule has 19 heavy (non-hydrogen) atoms. The second kappa shape index (κ2) is 6.88. The molecule has 0 unspecified atom stereocenters. The Morgan fingerprint density at radius 1 is 0.842 bits per heavy atom. The highest BCUT2D eigenvalue weighted by molar-refractivity contribution is 8.10. The van der Waals surface area contributed by atoms with Crippen molar-refractivity contribution in [1.29, 1.82) is 10.5 Å². The van der Waals surface area contributed by atoms with Crippen molar-refractivity contribution in [1.82, 2.24) is 0 Å². The van der Waals surface area contributed by atoms with Crippen LogP contribution in [0, 0.1) is 22.7 Å². The molecule has 0 saturated carbocycles. The van der Waals surface area contributed by atoms with Gasteiger partial charge >= 0.3 is 0 Å². The van der Waals surface area contributed by atoms with Crippen molar-refractivity contribution in [3.8, 4) is 12.1 Å². The maximum atomic E-state index is 12.2. The van der Waals surface area contributed by atoms with Crippen LogP contribution in [0.1, 0.15) is 39.5 Å². The molecule has 108 valence electrons. The largest absolute Gasteiger partial charge is 0.227 e. The summed E-state index contributed by atoms with van der Waals surface area (Å²) >= 11 is 0. The lowest BCUT2D eigenvalue weighted by atomic mass is 10.1. The molecule has 0 saturated heterocycles. The Morgan fingerprint density at radius 3 is 1.37 bits per heavy atom. The first-order valence-electron chi connectivity index (χ1n) is 5.93. The van der Waals surface area contributed by atoms with E-state index in [4.69, 9.17) is 10.5 Å². The van der Waals surface area contributed by atoms with Crippen molar-refractivity contribution in [3.05, 3.63) is 0 Å². The van der Waals surface area contributed by atoms with Crippen LogP contribution in [0.3, 0.4) is 0 Å². The Balaban J connectivity index is 6.06. The summed E-state index contributed by atoms with van der Waals surface area (Å²) in [5.74, 6) is -0.661. The number of rotatable bonds is 8. The van der Waals surface area contributed by atoms with Gasteiger partial charge in [-0.25, -0.2) is 16.8 Å². The SMILES string of the molecule is CCS(=O)(=O)C(CCC#N)(CCC#N)S(=O)(=O)CC. The van der Waals surface area contributed by atoms with Gasteiger partial charge in [0.1, 0.15) is 0 Å². The van der Waals surface area contributed by atoms with E-state index < -0.39 is 23.8 Å². The molecule has 0 aliphatic rings. The highest BCUT2D eigenvalue weighted by Gasteiger charge is 2.51. The van der Waals surface area contributed by atoms with Gasteiger partial charge in [0.25, 0.3) is 0 Å². The van der Waals surface area contributed by atoms with Gasteiger partial charge in [0.15, 0.2) is 23.8 Å². The van der Waals surface area contributed by atoms with E-state index in [9.17, 15) is 16.8 Å². The molecule has 0 bridgehead atoms. The average molecular weight is 306 g/mol. The third kappa shape index (κ3) is 3.46. The van der Waals surface area contributed by atoms with Crippen LogP contribution >= 0.6 is 0 Å². The van der Waals surface area contributed by atoms with Crippen LogP contribution < -0.4 is 0 Å². The number of hydrogen-bond donors (Lipinski definition) is 0. The normalized spacial score (nSPS) is 12.6. The van der Waals surface area contributed by atoms with Crippen molar-refractivity contribution in [2.24, 2.45) is 0 Å². The first kappa shape index (κ1) is 17.9. The van der Waals surface area contributed by atoms with Crippen LogP contribution in [0.4, 0.5) is 0 Å². The van der Waals surface area contributed by atoms with Gasteiger partial charge in [-0.1, -0.05) is 13.8 Å². The van der Waals surface area contributed by atoms with Crippen LogP contribution in [-0.4, -0.2) is 32.4 Å². The van der Waals surface area contributed by atoms with Crippen LogP contribution in [0.15, 0.2) is 0 Å². The van der Waals surface area contributed by atoms with Gasteiger partial charge in [-0.05, 0) is 12.8 Å². The molecule has 0 N–H and O–H groups in total. The smallest absolute Gasteiger partial charge is 0.175 e. The predicted molar refractivity (Wildman–Crippen MR) is 71.3 cm³/mol. The van der Waals surface area contributed by atoms with E-state index >= 15 is 0 Å². The number of hydrogen-bond acceptors (Lipinski definition) is 6. The van der Waals surface area contributed by atoms with E-state index in [2.05, 4.69) is 0 Å². The number of nitrogens with zero attached hydrogens (tertiary/aromatic N) is 2. The Bertz CT molecular complexity index is 525. The molecule has 0 radical (unpaired) electrons. The van der Waals surface area contributed by atoms with Crippen LogP contribution in [0.25, 0.3) is 0 Å². The van der Waals surface area contributed by atoms with E-state index in [0.29, 0.717) is 0 Å². The zero-order valence-electron chi connectivity index (χ0n) is 11.1. The molecule has 0 aromatic rings. The first-order valence-corrected chi connectivity index (χ1v) is 9.23. The molecule has 0 aliphatic carbocycles. The van der Waals surface area contributed by atoms with E-state index in [0.717, 1.165) is 0 Å². The molecular weight excluding hydrogens is 288 g/mol. The second-order valence-electron chi connectivity index (χ2n) is 4.03. The lowest BCUT2D eigenvalue weighted by molar-refractivity contribution is 0.512. The molecular formula is C11H18N2O4S2. The van der Waals surface area contributed by atoms with Crippen molar-refractivity contribution < 1.29 is 16.8 Å². The molecule has 0 amide bonds. The molecule has 0 spiro atoms. The summed E-state index contributed by atoms with van der Waals surface area (Å²) in [5, 5.41) is 17.3. The minimum absolute atomic E-state index is 0.177. The van der Waals surface area contributed by atoms with E-state index in [1.165, 1.54) is 13.8 Å². The minimum Gasteiger partial charge on any atom is -0.227 e. The molecule has 0 aromatic heterocycles. The molecule has 0 atom stereocenters. The lowest BCUT2D eigenvalue weighted by Crippen LogP contribution is -2.48. The van der Waals surface area contributed by atoms with E-state index in [1.54, 1.807) is 12.1 Å². The topological polar surface area (TPSA) is 116 Å². The molecule has 0 rings (SSSR count). The number of sulfone groups is 2. The minimum atomic E-state index is -3.93. The standard InChI is InChI=1S/C11H18N2O4S2/c1-3-18(14,15)11(7-5-9-12,8-6-10-13)19(16,17)4-2/h3-8H2,1-2H3. The van der Waals surface area contributed by atoms with E-state index in [-0.39, 0.29) is 37.2 Å². The molecule has 8 heteroatoms. The Kier molecular flexibility index (Phi) is 6.47. The summed E-state index contributed by atoms with van der Waals surface area (Å²) in [6.45, 7) is 2.74. The van der Waals surface area contributed by atoms with Crippen molar-refractivity contribution in [3.63, 3.8) is 0 Å². The summed E-state index contributed by atoms with van der Waals surface area (Å²) in [6.07, 6.45) is -0.914. The molecule has 6 nitrogen and oxygen atoms in total. The number of nitriles is 2. The summed E-state index contributed by atoms with van der Waals surface area (Å²) in [5.41, 5.74) is 0. The fourth-order valence-corrected chi connectivity index (χ4v) is 6.92. The van der Waals surface area contributed by atoms with Gasteiger partial charge in [-0.15, -0.1) is 0 Å².